The average molecular weight is 247 g/mol. The topological polar surface area (TPSA) is 97.5 Å². The summed E-state index contributed by atoms with van der Waals surface area (Å²) in [6, 6.07) is 1.62. The third-order valence-electron chi connectivity index (χ3n) is 1.98. The highest BCUT2D eigenvalue weighted by molar-refractivity contribution is 7.90. The fourth-order valence-electron chi connectivity index (χ4n) is 1.15. The van der Waals surface area contributed by atoms with Crippen molar-refractivity contribution in [2.75, 3.05) is 6.26 Å². The quantitative estimate of drug-likeness (QED) is 0.801. The van der Waals surface area contributed by atoms with Gasteiger partial charge in [-0.25, -0.2) is 12.8 Å². The molecule has 0 saturated carbocycles. The van der Waals surface area contributed by atoms with Crippen LogP contribution < -0.4 is 5.73 Å². The zero-order valence-electron chi connectivity index (χ0n) is 8.34. The summed E-state index contributed by atoms with van der Waals surface area (Å²) in [6.45, 7) is 0. The Balaban J connectivity index is 3.25. The Morgan fingerprint density at radius 2 is 2.06 bits per heavy atom. The van der Waals surface area contributed by atoms with Gasteiger partial charge in [0.1, 0.15) is 16.8 Å². The number of hydrogen-bond donors (Lipinski definition) is 2. The molecule has 0 aliphatic rings. The Kier molecular flexibility index (Phi) is 3.30. The van der Waals surface area contributed by atoms with Crippen LogP contribution in [0.25, 0.3) is 0 Å². The van der Waals surface area contributed by atoms with E-state index in [4.69, 9.17) is 10.8 Å². The van der Waals surface area contributed by atoms with Crippen LogP contribution >= 0.6 is 0 Å². The minimum Gasteiger partial charge on any atom is -0.480 e. The standard InChI is InChI=1S/C9H10FNO4S/c1-16(14,15)7-3-2-5(4-6(7)10)8(11)9(12)13/h2-4,8H,11H2,1H3,(H,12,13). The molecule has 88 valence electrons. The maximum atomic E-state index is 13.3. The van der Waals surface area contributed by atoms with Crippen molar-refractivity contribution in [1.29, 1.82) is 0 Å². The number of aliphatic carboxylic acids is 1. The number of carboxylic acid groups (broad SMARTS) is 1. The second-order valence-electron chi connectivity index (χ2n) is 3.28. The molecule has 0 amide bonds. The highest BCUT2D eigenvalue weighted by atomic mass is 32.2. The van der Waals surface area contributed by atoms with Crippen molar-refractivity contribution < 1.29 is 22.7 Å². The lowest BCUT2D eigenvalue weighted by Crippen LogP contribution is -2.21. The Morgan fingerprint density at radius 1 is 1.50 bits per heavy atom. The molecule has 1 aromatic rings. The van der Waals surface area contributed by atoms with Gasteiger partial charge in [0.2, 0.25) is 0 Å². The van der Waals surface area contributed by atoms with E-state index in [2.05, 4.69) is 0 Å². The molecule has 0 spiro atoms. The first-order valence-corrected chi connectivity index (χ1v) is 6.10. The molecule has 0 fully saturated rings. The smallest absolute Gasteiger partial charge is 0.325 e. The van der Waals surface area contributed by atoms with Gasteiger partial charge in [-0.2, -0.15) is 0 Å². The fourth-order valence-corrected chi connectivity index (χ4v) is 1.88. The number of hydrogen-bond acceptors (Lipinski definition) is 4. The predicted molar refractivity (Wildman–Crippen MR) is 54.1 cm³/mol. The highest BCUT2D eigenvalue weighted by Gasteiger charge is 2.19. The van der Waals surface area contributed by atoms with Gasteiger partial charge in [-0.1, -0.05) is 6.07 Å². The number of rotatable bonds is 3. The van der Waals surface area contributed by atoms with Crippen LogP contribution in [0.15, 0.2) is 23.1 Å². The molecule has 1 unspecified atom stereocenters. The first-order chi connectivity index (χ1) is 7.23. The summed E-state index contributed by atoms with van der Waals surface area (Å²) in [7, 11) is -3.66. The van der Waals surface area contributed by atoms with Crippen molar-refractivity contribution in [1.82, 2.24) is 0 Å². The Bertz CT molecular complexity index is 526. The summed E-state index contributed by atoms with van der Waals surface area (Å²) in [4.78, 5) is 10.0. The normalized spacial score (nSPS) is 13.4. The van der Waals surface area contributed by atoms with E-state index in [1.165, 1.54) is 6.07 Å². The SMILES string of the molecule is CS(=O)(=O)c1ccc(C(N)C(=O)O)cc1F. The molecular weight excluding hydrogens is 237 g/mol. The largest absolute Gasteiger partial charge is 0.480 e. The molecule has 3 N–H and O–H groups in total. The zero-order valence-corrected chi connectivity index (χ0v) is 9.16. The van der Waals surface area contributed by atoms with E-state index in [-0.39, 0.29) is 5.56 Å². The molecule has 5 nitrogen and oxygen atoms in total. The van der Waals surface area contributed by atoms with Crippen LogP contribution in [0.1, 0.15) is 11.6 Å². The third-order valence-corrected chi connectivity index (χ3v) is 3.11. The third kappa shape index (κ3) is 2.56. The van der Waals surface area contributed by atoms with Crippen molar-refractivity contribution in [2.24, 2.45) is 5.73 Å². The van der Waals surface area contributed by atoms with Gasteiger partial charge in [0.25, 0.3) is 0 Å². The van der Waals surface area contributed by atoms with Crippen LogP contribution in [0.2, 0.25) is 0 Å². The van der Waals surface area contributed by atoms with Crippen LogP contribution in [-0.2, 0) is 14.6 Å². The fraction of sp³-hybridized carbons (Fsp3) is 0.222. The van der Waals surface area contributed by atoms with Gasteiger partial charge in [0.05, 0.1) is 0 Å². The van der Waals surface area contributed by atoms with Crippen LogP contribution in [0.5, 0.6) is 0 Å². The summed E-state index contributed by atoms with van der Waals surface area (Å²) in [6.07, 6.45) is 0.863. The molecular formula is C9H10FNO4S. The molecule has 0 bridgehead atoms. The lowest BCUT2D eigenvalue weighted by Gasteiger charge is -2.08. The number of carbonyl (C=O) groups is 1. The highest BCUT2D eigenvalue weighted by Crippen LogP contribution is 2.19. The van der Waals surface area contributed by atoms with Crippen molar-refractivity contribution in [2.45, 2.75) is 10.9 Å². The van der Waals surface area contributed by atoms with Gasteiger partial charge in [-0.15, -0.1) is 0 Å². The molecule has 0 saturated heterocycles. The van der Waals surface area contributed by atoms with Gasteiger partial charge >= 0.3 is 5.97 Å². The molecule has 0 aliphatic heterocycles. The van der Waals surface area contributed by atoms with E-state index >= 15 is 0 Å². The van der Waals surface area contributed by atoms with Gasteiger partial charge in [0, 0.05) is 6.26 Å². The van der Waals surface area contributed by atoms with Crippen molar-refractivity contribution in [3.05, 3.63) is 29.6 Å². The second-order valence-corrected chi connectivity index (χ2v) is 5.26. The maximum Gasteiger partial charge on any atom is 0.325 e. The van der Waals surface area contributed by atoms with E-state index < -0.39 is 32.6 Å². The summed E-state index contributed by atoms with van der Waals surface area (Å²) >= 11 is 0. The molecule has 1 atom stereocenters. The number of halogens is 1. The number of carboxylic acids is 1. The molecule has 1 rings (SSSR count). The average Bonchev–Trinajstić information content (AvgIpc) is 2.14. The van der Waals surface area contributed by atoms with Crippen LogP contribution in [0.3, 0.4) is 0 Å². The number of benzene rings is 1. The Labute approximate surface area is 91.6 Å². The van der Waals surface area contributed by atoms with Gasteiger partial charge in [-0.05, 0) is 17.7 Å². The monoisotopic (exact) mass is 247 g/mol. The van der Waals surface area contributed by atoms with Crippen LogP contribution in [0, 0.1) is 5.82 Å². The van der Waals surface area contributed by atoms with E-state index in [0.717, 1.165) is 18.4 Å². The van der Waals surface area contributed by atoms with Crippen LogP contribution in [0.4, 0.5) is 4.39 Å². The van der Waals surface area contributed by atoms with Crippen molar-refractivity contribution >= 4 is 15.8 Å². The summed E-state index contributed by atoms with van der Waals surface area (Å²) in [5.74, 6) is -2.32. The lowest BCUT2D eigenvalue weighted by atomic mass is 10.1. The molecule has 7 heteroatoms. The maximum absolute atomic E-state index is 13.3. The molecule has 16 heavy (non-hydrogen) atoms. The summed E-state index contributed by atoms with van der Waals surface area (Å²) in [5, 5.41) is 8.59. The number of sulfone groups is 1. The van der Waals surface area contributed by atoms with Gasteiger partial charge < -0.3 is 10.8 Å². The van der Waals surface area contributed by atoms with Crippen molar-refractivity contribution in [3.8, 4) is 0 Å². The zero-order chi connectivity index (χ0) is 12.5. The van der Waals surface area contributed by atoms with Crippen LogP contribution in [-0.4, -0.2) is 25.7 Å². The second kappa shape index (κ2) is 4.18. The predicted octanol–water partition coefficient (Wildman–Crippen LogP) is 0.314. The molecule has 0 heterocycles. The minimum atomic E-state index is -3.66. The lowest BCUT2D eigenvalue weighted by molar-refractivity contribution is -0.138. The van der Waals surface area contributed by atoms with Gasteiger partial charge in [-0.3, -0.25) is 4.79 Å². The van der Waals surface area contributed by atoms with E-state index in [1.54, 1.807) is 0 Å². The van der Waals surface area contributed by atoms with Gasteiger partial charge in [0.15, 0.2) is 9.84 Å². The van der Waals surface area contributed by atoms with Crippen molar-refractivity contribution in [3.63, 3.8) is 0 Å². The number of nitrogens with two attached hydrogens (primary N) is 1. The molecule has 0 radical (unpaired) electrons. The van der Waals surface area contributed by atoms with E-state index in [0.29, 0.717) is 0 Å². The molecule has 0 aliphatic carbocycles. The molecule has 0 aromatic heterocycles. The first-order valence-electron chi connectivity index (χ1n) is 4.21. The summed E-state index contributed by atoms with van der Waals surface area (Å²) in [5.41, 5.74) is 5.26. The summed E-state index contributed by atoms with van der Waals surface area (Å²) < 4.78 is 35.5. The minimum absolute atomic E-state index is 0.0115. The van der Waals surface area contributed by atoms with E-state index in [1.807, 2.05) is 0 Å². The first kappa shape index (κ1) is 12.6. The molecule has 1 aromatic carbocycles. The Hall–Kier alpha value is -1.47. The van der Waals surface area contributed by atoms with E-state index in [9.17, 15) is 17.6 Å². The Morgan fingerprint density at radius 3 is 2.44 bits per heavy atom.